The molecule has 0 amide bonds. The summed E-state index contributed by atoms with van der Waals surface area (Å²) in [6.07, 6.45) is 6.66. The molecule has 4 aliphatic rings. The van der Waals surface area contributed by atoms with Crippen molar-refractivity contribution in [1.82, 2.24) is 0 Å². The molecule has 0 bridgehead atoms. The van der Waals surface area contributed by atoms with E-state index >= 15 is 0 Å². The van der Waals surface area contributed by atoms with Crippen LogP contribution in [0, 0.1) is 23.2 Å². The predicted octanol–water partition coefficient (Wildman–Crippen LogP) is 2.78. The van der Waals surface area contributed by atoms with E-state index in [1.165, 1.54) is 5.57 Å². The Balaban J connectivity index is 1.72. The van der Waals surface area contributed by atoms with Crippen molar-refractivity contribution in [3.8, 4) is 0 Å². The molecular weight excluding hydrogens is 292 g/mol. The fourth-order valence-electron chi connectivity index (χ4n) is 6.22. The fraction of sp³-hybridized carbons (Fsp3) is 0.789. The summed E-state index contributed by atoms with van der Waals surface area (Å²) >= 11 is 0. The van der Waals surface area contributed by atoms with Gasteiger partial charge in [-0.2, -0.15) is 0 Å². The normalized spacial score (nSPS) is 49.4. The van der Waals surface area contributed by atoms with Gasteiger partial charge in [-0.25, -0.2) is 0 Å². The summed E-state index contributed by atoms with van der Waals surface area (Å²) in [5, 5.41) is 11.0. The van der Waals surface area contributed by atoms with Gasteiger partial charge < -0.3 is 9.84 Å². The van der Waals surface area contributed by atoms with Gasteiger partial charge in [-0.15, -0.1) is 0 Å². The van der Waals surface area contributed by atoms with Gasteiger partial charge >= 0.3 is 5.97 Å². The van der Waals surface area contributed by atoms with Crippen molar-refractivity contribution in [1.29, 1.82) is 0 Å². The summed E-state index contributed by atoms with van der Waals surface area (Å²) in [4.78, 5) is 23.6. The zero-order chi connectivity index (χ0) is 16.4. The van der Waals surface area contributed by atoms with Gasteiger partial charge in [-0.3, -0.25) is 9.59 Å². The van der Waals surface area contributed by atoms with Crippen LogP contribution in [0.3, 0.4) is 0 Å². The van der Waals surface area contributed by atoms with Crippen molar-refractivity contribution in [2.75, 3.05) is 0 Å². The molecule has 1 N–H and O–H groups in total. The molecule has 0 unspecified atom stereocenters. The zero-order valence-corrected chi connectivity index (χ0v) is 14.0. The number of hydrogen-bond donors (Lipinski definition) is 1. The van der Waals surface area contributed by atoms with E-state index in [-0.39, 0.29) is 23.1 Å². The zero-order valence-electron chi connectivity index (χ0n) is 14.0. The number of ketones is 1. The maximum absolute atomic E-state index is 11.8. The Kier molecular flexibility index (Phi) is 3.29. The molecule has 0 aromatic rings. The third-order valence-electron chi connectivity index (χ3n) is 7.24. The molecule has 126 valence electrons. The molecule has 0 aromatic carbocycles. The average molecular weight is 318 g/mol. The molecule has 4 heteroatoms. The number of fused-ring (bicyclic) bond motifs is 5. The fourth-order valence-corrected chi connectivity index (χ4v) is 6.22. The SMILES string of the molecule is C[C@]12CCC(=O)C=C1CC[C@@H]1[C@@H]2[C@H](O)C[C@]2(C)OC(=O)CC[C@@H]12. The average Bonchev–Trinajstić information content (AvgIpc) is 2.46. The van der Waals surface area contributed by atoms with Crippen molar-refractivity contribution in [3.05, 3.63) is 11.6 Å². The van der Waals surface area contributed by atoms with E-state index in [0.717, 1.165) is 25.7 Å². The van der Waals surface area contributed by atoms with Gasteiger partial charge in [0, 0.05) is 25.2 Å². The number of aliphatic hydroxyl groups excluding tert-OH is 1. The first-order valence-corrected chi connectivity index (χ1v) is 8.97. The quantitative estimate of drug-likeness (QED) is 0.698. The third kappa shape index (κ3) is 2.14. The molecule has 4 rings (SSSR count). The van der Waals surface area contributed by atoms with Crippen molar-refractivity contribution < 1.29 is 19.4 Å². The first-order valence-electron chi connectivity index (χ1n) is 8.97. The van der Waals surface area contributed by atoms with Crippen LogP contribution in [-0.2, 0) is 14.3 Å². The summed E-state index contributed by atoms with van der Waals surface area (Å²) in [6, 6.07) is 0. The van der Waals surface area contributed by atoms with Crippen molar-refractivity contribution in [3.63, 3.8) is 0 Å². The molecule has 1 aliphatic heterocycles. The minimum atomic E-state index is -0.516. The second-order valence-electron chi connectivity index (χ2n) is 8.49. The van der Waals surface area contributed by atoms with Gasteiger partial charge in [0.05, 0.1) is 6.10 Å². The van der Waals surface area contributed by atoms with Crippen molar-refractivity contribution in [2.24, 2.45) is 23.2 Å². The van der Waals surface area contributed by atoms with E-state index in [1.54, 1.807) is 0 Å². The molecule has 1 saturated heterocycles. The van der Waals surface area contributed by atoms with E-state index in [9.17, 15) is 14.7 Å². The highest BCUT2D eigenvalue weighted by molar-refractivity contribution is 5.91. The molecule has 6 atom stereocenters. The van der Waals surface area contributed by atoms with E-state index in [2.05, 4.69) is 6.92 Å². The van der Waals surface area contributed by atoms with Crippen LogP contribution in [0.15, 0.2) is 11.6 Å². The lowest BCUT2D eigenvalue weighted by Crippen LogP contribution is -2.61. The first-order chi connectivity index (χ1) is 10.8. The van der Waals surface area contributed by atoms with E-state index < -0.39 is 11.7 Å². The lowest BCUT2D eigenvalue weighted by molar-refractivity contribution is -0.212. The second-order valence-corrected chi connectivity index (χ2v) is 8.49. The lowest BCUT2D eigenvalue weighted by atomic mass is 9.47. The van der Waals surface area contributed by atoms with Gasteiger partial charge in [-0.05, 0) is 55.9 Å². The maximum atomic E-state index is 11.8. The van der Waals surface area contributed by atoms with Gasteiger partial charge in [0.15, 0.2) is 5.78 Å². The molecular formula is C19H26O4. The second kappa shape index (κ2) is 4.92. The smallest absolute Gasteiger partial charge is 0.306 e. The van der Waals surface area contributed by atoms with Crippen molar-refractivity contribution in [2.45, 2.75) is 70.5 Å². The Morgan fingerprint density at radius 3 is 2.74 bits per heavy atom. The Hall–Kier alpha value is -1.16. The summed E-state index contributed by atoms with van der Waals surface area (Å²) in [7, 11) is 0. The third-order valence-corrected chi connectivity index (χ3v) is 7.24. The van der Waals surface area contributed by atoms with Crippen LogP contribution in [0.1, 0.15) is 58.8 Å². The highest BCUT2D eigenvalue weighted by atomic mass is 16.6. The number of allylic oxidation sites excluding steroid dienone is 2. The molecule has 0 radical (unpaired) electrons. The minimum Gasteiger partial charge on any atom is -0.459 e. The Morgan fingerprint density at radius 1 is 1.17 bits per heavy atom. The van der Waals surface area contributed by atoms with Gasteiger partial charge in [-0.1, -0.05) is 12.5 Å². The molecule has 0 aromatic heterocycles. The topological polar surface area (TPSA) is 63.6 Å². The highest BCUT2D eigenvalue weighted by Gasteiger charge is 2.60. The summed E-state index contributed by atoms with van der Waals surface area (Å²) in [5.74, 6) is 1.01. The van der Waals surface area contributed by atoms with Crippen LogP contribution in [0.4, 0.5) is 0 Å². The van der Waals surface area contributed by atoms with Crippen LogP contribution in [0.2, 0.25) is 0 Å². The van der Waals surface area contributed by atoms with Crippen LogP contribution < -0.4 is 0 Å². The summed E-state index contributed by atoms with van der Waals surface area (Å²) < 4.78 is 5.72. The molecule has 3 fully saturated rings. The molecule has 3 aliphatic carbocycles. The van der Waals surface area contributed by atoms with Crippen LogP contribution >= 0.6 is 0 Å². The van der Waals surface area contributed by atoms with E-state index in [0.29, 0.717) is 31.1 Å². The van der Waals surface area contributed by atoms with E-state index in [1.807, 2.05) is 13.0 Å². The number of rotatable bonds is 0. The number of carbonyl (C=O) groups is 2. The Morgan fingerprint density at radius 2 is 1.96 bits per heavy atom. The van der Waals surface area contributed by atoms with Gasteiger partial charge in [0.25, 0.3) is 0 Å². The molecule has 4 nitrogen and oxygen atoms in total. The largest absolute Gasteiger partial charge is 0.459 e. The highest BCUT2D eigenvalue weighted by Crippen LogP contribution is 2.61. The standard InChI is InChI=1S/C19H26O4/c1-18-8-7-12(20)9-11(18)3-4-13-14-5-6-16(22)23-19(14,2)10-15(21)17(13)18/h9,13-15,17,21H,3-8,10H2,1-2H3/t13-,14-,15+,17+,18-,19-/m0/s1. The van der Waals surface area contributed by atoms with Crippen LogP contribution in [0.5, 0.6) is 0 Å². The maximum Gasteiger partial charge on any atom is 0.306 e. The van der Waals surface area contributed by atoms with Gasteiger partial charge in [0.1, 0.15) is 5.60 Å². The number of hydrogen-bond acceptors (Lipinski definition) is 4. The van der Waals surface area contributed by atoms with Crippen LogP contribution in [0.25, 0.3) is 0 Å². The number of esters is 1. The monoisotopic (exact) mass is 318 g/mol. The molecule has 2 saturated carbocycles. The summed E-state index contributed by atoms with van der Waals surface area (Å²) in [5.41, 5.74) is 0.655. The number of carbonyl (C=O) groups excluding carboxylic acids is 2. The Bertz CT molecular complexity index is 594. The number of aliphatic hydroxyl groups is 1. The van der Waals surface area contributed by atoms with E-state index in [4.69, 9.17) is 4.74 Å². The van der Waals surface area contributed by atoms with Gasteiger partial charge in [0.2, 0.25) is 0 Å². The lowest BCUT2D eigenvalue weighted by Gasteiger charge is -2.60. The van der Waals surface area contributed by atoms with Crippen LogP contribution in [-0.4, -0.2) is 28.6 Å². The molecule has 23 heavy (non-hydrogen) atoms. The van der Waals surface area contributed by atoms with Crippen molar-refractivity contribution >= 4 is 11.8 Å². The predicted molar refractivity (Wildman–Crippen MR) is 84.5 cm³/mol. The number of ether oxygens (including phenoxy) is 1. The Labute approximate surface area is 137 Å². The minimum absolute atomic E-state index is 0.0704. The first kappa shape index (κ1) is 15.4. The summed E-state index contributed by atoms with van der Waals surface area (Å²) in [6.45, 7) is 4.25. The molecule has 0 spiro atoms. The molecule has 1 heterocycles.